The molecule has 124 valence electrons. The highest BCUT2D eigenvalue weighted by Crippen LogP contribution is 2.35. The van der Waals surface area contributed by atoms with Gasteiger partial charge >= 0.3 is 0 Å². The van der Waals surface area contributed by atoms with Gasteiger partial charge in [-0.05, 0) is 35.8 Å². The molecule has 0 unspecified atom stereocenters. The van der Waals surface area contributed by atoms with Crippen molar-refractivity contribution in [2.75, 3.05) is 19.7 Å². The maximum atomic E-state index is 13.1. The number of aromatic nitrogens is 1. The smallest absolute Gasteiger partial charge is 0.247 e. The highest BCUT2D eigenvalue weighted by atomic mass is 32.2. The Morgan fingerprint density at radius 1 is 1.12 bits per heavy atom. The van der Waals surface area contributed by atoms with Crippen LogP contribution in [-0.4, -0.2) is 37.4 Å². The molecule has 0 saturated heterocycles. The molecule has 1 aromatic heterocycles. The van der Waals surface area contributed by atoms with E-state index in [0.717, 1.165) is 23.3 Å². The molecule has 2 aliphatic heterocycles. The number of fused-ring (bicyclic) bond motifs is 1. The molecule has 2 aliphatic rings. The van der Waals surface area contributed by atoms with Gasteiger partial charge in [-0.3, -0.25) is 4.98 Å². The van der Waals surface area contributed by atoms with Gasteiger partial charge < -0.3 is 4.74 Å². The summed E-state index contributed by atoms with van der Waals surface area (Å²) >= 11 is 0. The molecule has 1 aromatic carbocycles. The van der Waals surface area contributed by atoms with Crippen LogP contribution in [0.2, 0.25) is 0 Å². The molecular weight excluding hydrogens is 324 g/mol. The van der Waals surface area contributed by atoms with E-state index in [1.165, 1.54) is 4.31 Å². The Morgan fingerprint density at radius 2 is 2.04 bits per heavy atom. The Bertz CT molecular complexity index is 892. The van der Waals surface area contributed by atoms with Crippen LogP contribution in [0, 0.1) is 0 Å². The number of sulfonamides is 1. The minimum Gasteiger partial charge on any atom is -0.492 e. The van der Waals surface area contributed by atoms with Crippen molar-refractivity contribution in [3.8, 4) is 5.75 Å². The second-order valence-electron chi connectivity index (χ2n) is 5.91. The van der Waals surface area contributed by atoms with E-state index < -0.39 is 10.0 Å². The van der Waals surface area contributed by atoms with Crippen LogP contribution in [-0.2, 0) is 16.4 Å². The fourth-order valence-electron chi connectivity index (χ4n) is 3.19. The molecule has 0 saturated carbocycles. The van der Waals surface area contributed by atoms with E-state index in [2.05, 4.69) is 11.1 Å². The average Bonchev–Trinajstić information content (AvgIpc) is 3.11. The van der Waals surface area contributed by atoms with Gasteiger partial charge in [0.2, 0.25) is 10.0 Å². The molecular formula is C18H18N2O3S. The zero-order valence-corrected chi connectivity index (χ0v) is 14.0. The first-order valence-electron chi connectivity index (χ1n) is 8.01. The molecule has 0 amide bonds. The van der Waals surface area contributed by atoms with Gasteiger partial charge in [0.15, 0.2) is 0 Å². The number of rotatable bonds is 3. The summed E-state index contributed by atoms with van der Waals surface area (Å²) in [6.45, 7) is 1.35. The highest BCUT2D eigenvalue weighted by Gasteiger charge is 2.32. The Balaban J connectivity index is 1.67. The van der Waals surface area contributed by atoms with Gasteiger partial charge in [0.05, 0.1) is 12.3 Å². The van der Waals surface area contributed by atoms with E-state index in [4.69, 9.17) is 4.74 Å². The number of nitrogens with zero attached hydrogens (tertiary/aromatic N) is 2. The van der Waals surface area contributed by atoms with Gasteiger partial charge in [-0.15, -0.1) is 0 Å². The van der Waals surface area contributed by atoms with E-state index >= 15 is 0 Å². The van der Waals surface area contributed by atoms with Crippen LogP contribution in [0.25, 0.3) is 5.57 Å². The lowest BCUT2D eigenvalue weighted by molar-refractivity contribution is 0.346. The first-order valence-corrected chi connectivity index (χ1v) is 9.45. The number of benzene rings is 1. The van der Waals surface area contributed by atoms with E-state index in [1.54, 1.807) is 18.3 Å². The lowest BCUT2D eigenvalue weighted by atomic mass is 10.1. The van der Waals surface area contributed by atoms with E-state index in [1.807, 2.05) is 24.3 Å². The predicted octanol–water partition coefficient (Wildman–Crippen LogP) is 2.49. The molecule has 0 bridgehead atoms. The van der Waals surface area contributed by atoms with Crippen molar-refractivity contribution in [1.82, 2.24) is 9.29 Å². The van der Waals surface area contributed by atoms with Crippen molar-refractivity contribution >= 4 is 15.6 Å². The van der Waals surface area contributed by atoms with Crippen LogP contribution < -0.4 is 4.74 Å². The van der Waals surface area contributed by atoms with Crippen LogP contribution in [0.1, 0.15) is 17.7 Å². The van der Waals surface area contributed by atoms with Crippen molar-refractivity contribution in [2.24, 2.45) is 0 Å². The van der Waals surface area contributed by atoms with Gasteiger partial charge in [0.25, 0.3) is 0 Å². The molecule has 0 aliphatic carbocycles. The van der Waals surface area contributed by atoms with Crippen LogP contribution in [0.3, 0.4) is 0 Å². The lowest BCUT2D eigenvalue weighted by Gasteiger charge is -2.27. The monoisotopic (exact) mass is 342 g/mol. The Morgan fingerprint density at radius 3 is 2.88 bits per heavy atom. The minimum atomic E-state index is -3.59. The van der Waals surface area contributed by atoms with Crippen LogP contribution in [0.4, 0.5) is 0 Å². The molecule has 5 nitrogen and oxygen atoms in total. The summed E-state index contributed by atoms with van der Waals surface area (Å²) in [5.41, 5.74) is 2.74. The lowest BCUT2D eigenvalue weighted by Crippen LogP contribution is -2.35. The fourth-order valence-corrected chi connectivity index (χ4v) is 4.79. The molecule has 3 heterocycles. The number of hydrogen-bond donors (Lipinski definition) is 0. The van der Waals surface area contributed by atoms with Crippen molar-refractivity contribution in [3.63, 3.8) is 0 Å². The molecule has 0 fully saturated rings. The quantitative estimate of drug-likeness (QED) is 0.860. The topological polar surface area (TPSA) is 59.5 Å². The van der Waals surface area contributed by atoms with Crippen molar-refractivity contribution < 1.29 is 13.2 Å². The number of para-hydroxylation sites is 1. The van der Waals surface area contributed by atoms with Crippen LogP contribution >= 0.6 is 0 Å². The summed E-state index contributed by atoms with van der Waals surface area (Å²) < 4.78 is 33.4. The molecule has 6 heteroatoms. The van der Waals surface area contributed by atoms with E-state index in [0.29, 0.717) is 31.9 Å². The molecule has 4 rings (SSSR count). The SMILES string of the molecule is O=S(=O)(c1cccc2c1OCC2)N1CCC=C(c2ccccn2)C1. The third-order valence-corrected chi connectivity index (χ3v) is 6.27. The standard InChI is InChI=1S/C18H18N2O3S/c21-24(22,17-8-3-5-14-9-12-23-18(14)17)20-11-4-6-15(13-20)16-7-1-2-10-19-16/h1-3,5-8,10H,4,9,11-13H2. The zero-order chi connectivity index (χ0) is 16.6. The first kappa shape index (κ1) is 15.4. The van der Waals surface area contributed by atoms with Crippen molar-refractivity contribution in [2.45, 2.75) is 17.7 Å². The number of pyridine rings is 1. The fraction of sp³-hybridized carbons (Fsp3) is 0.278. The van der Waals surface area contributed by atoms with Gasteiger partial charge in [0.1, 0.15) is 10.6 Å². The Labute approximate surface area is 141 Å². The molecule has 0 N–H and O–H groups in total. The third-order valence-electron chi connectivity index (χ3n) is 4.41. The van der Waals surface area contributed by atoms with Gasteiger partial charge in [0, 0.05) is 25.7 Å². The van der Waals surface area contributed by atoms with Crippen LogP contribution in [0.15, 0.2) is 53.6 Å². The largest absolute Gasteiger partial charge is 0.492 e. The maximum Gasteiger partial charge on any atom is 0.247 e. The van der Waals surface area contributed by atoms with Crippen molar-refractivity contribution in [3.05, 3.63) is 59.9 Å². The van der Waals surface area contributed by atoms with Crippen LogP contribution in [0.5, 0.6) is 5.75 Å². The van der Waals surface area contributed by atoms with E-state index in [9.17, 15) is 8.42 Å². The second kappa shape index (κ2) is 6.03. The summed E-state index contributed by atoms with van der Waals surface area (Å²) in [5, 5.41) is 0. The predicted molar refractivity (Wildman–Crippen MR) is 91.2 cm³/mol. The molecule has 2 aromatic rings. The highest BCUT2D eigenvalue weighted by molar-refractivity contribution is 7.89. The average molecular weight is 342 g/mol. The molecule has 24 heavy (non-hydrogen) atoms. The Kier molecular flexibility index (Phi) is 3.86. The van der Waals surface area contributed by atoms with Gasteiger partial charge in [-0.25, -0.2) is 8.42 Å². The summed E-state index contributed by atoms with van der Waals surface area (Å²) in [7, 11) is -3.59. The molecule has 0 spiro atoms. The normalized spacial score (nSPS) is 17.9. The summed E-state index contributed by atoms with van der Waals surface area (Å²) in [4.78, 5) is 4.61. The minimum absolute atomic E-state index is 0.278. The zero-order valence-electron chi connectivity index (χ0n) is 13.2. The van der Waals surface area contributed by atoms with Crippen molar-refractivity contribution in [1.29, 1.82) is 0 Å². The van der Waals surface area contributed by atoms with E-state index in [-0.39, 0.29) is 4.90 Å². The van der Waals surface area contributed by atoms with Gasteiger partial charge in [-0.1, -0.05) is 24.3 Å². The third kappa shape index (κ3) is 2.61. The number of ether oxygens (including phenoxy) is 1. The molecule has 0 atom stereocenters. The summed E-state index contributed by atoms with van der Waals surface area (Å²) in [6.07, 6.45) is 5.24. The van der Waals surface area contributed by atoms with Gasteiger partial charge in [-0.2, -0.15) is 4.31 Å². The first-order chi connectivity index (χ1) is 11.7. The Hall–Kier alpha value is -2.18. The summed E-state index contributed by atoms with van der Waals surface area (Å²) in [5.74, 6) is 0.520. The maximum absolute atomic E-state index is 13.1. The molecule has 0 radical (unpaired) electrons. The number of hydrogen-bond acceptors (Lipinski definition) is 4. The summed E-state index contributed by atoms with van der Waals surface area (Å²) in [6, 6.07) is 11.0. The second-order valence-corrected chi connectivity index (χ2v) is 7.82.